The van der Waals surface area contributed by atoms with Gasteiger partial charge in [-0.2, -0.15) is 0 Å². The number of hydrogen-bond donors (Lipinski definition) is 2. The SMILES string of the molecule is CC1C(=O)N(NC(=O)[C@H](C)NC(=O)CCCCc2ccccc2)c2ccccc2-c2ccccc21. The van der Waals surface area contributed by atoms with E-state index in [0.717, 1.165) is 36.0 Å². The summed E-state index contributed by atoms with van der Waals surface area (Å²) >= 11 is 0. The quantitative estimate of drug-likeness (QED) is 0.467. The van der Waals surface area contributed by atoms with E-state index in [1.165, 1.54) is 10.6 Å². The van der Waals surface area contributed by atoms with Crippen molar-refractivity contribution in [2.45, 2.75) is 51.5 Å². The molecule has 0 saturated heterocycles. The molecule has 3 amide bonds. The van der Waals surface area contributed by atoms with Gasteiger partial charge in [-0.1, -0.05) is 72.8 Å². The summed E-state index contributed by atoms with van der Waals surface area (Å²) in [6.45, 7) is 3.47. The topological polar surface area (TPSA) is 78.5 Å². The zero-order valence-corrected chi connectivity index (χ0v) is 20.2. The fourth-order valence-electron chi connectivity index (χ4n) is 4.42. The first-order chi connectivity index (χ1) is 17.0. The maximum atomic E-state index is 13.4. The van der Waals surface area contributed by atoms with Crippen LogP contribution in [0.5, 0.6) is 0 Å². The largest absolute Gasteiger partial charge is 0.345 e. The lowest BCUT2D eigenvalue weighted by molar-refractivity contribution is -0.130. The lowest BCUT2D eigenvalue weighted by Crippen LogP contribution is -2.54. The molecule has 0 aliphatic carbocycles. The summed E-state index contributed by atoms with van der Waals surface area (Å²) in [5.41, 5.74) is 7.37. The second kappa shape index (κ2) is 11.0. The van der Waals surface area contributed by atoms with Crippen molar-refractivity contribution < 1.29 is 14.4 Å². The van der Waals surface area contributed by atoms with Gasteiger partial charge in [-0.25, -0.2) is 5.01 Å². The van der Waals surface area contributed by atoms with Crippen LogP contribution in [-0.4, -0.2) is 23.8 Å². The lowest BCUT2D eigenvalue weighted by atomic mass is 9.92. The van der Waals surface area contributed by atoms with Crippen LogP contribution < -0.4 is 15.8 Å². The number of carbonyl (C=O) groups is 3. The van der Waals surface area contributed by atoms with Crippen LogP contribution in [0.25, 0.3) is 11.1 Å². The summed E-state index contributed by atoms with van der Waals surface area (Å²) in [5.74, 6) is -1.28. The number of hydrazine groups is 1. The molecule has 35 heavy (non-hydrogen) atoms. The van der Waals surface area contributed by atoms with Crippen LogP contribution in [-0.2, 0) is 20.8 Å². The Bertz CT molecular complexity index is 1210. The normalized spacial score (nSPS) is 15.4. The van der Waals surface area contributed by atoms with Gasteiger partial charge < -0.3 is 5.32 Å². The maximum Gasteiger partial charge on any atom is 0.261 e. The first kappa shape index (κ1) is 24.2. The number of para-hydroxylation sites is 1. The number of rotatable bonds is 8. The second-order valence-corrected chi connectivity index (χ2v) is 8.96. The Morgan fingerprint density at radius 3 is 2.31 bits per heavy atom. The van der Waals surface area contributed by atoms with Gasteiger partial charge in [0.15, 0.2) is 0 Å². The molecule has 2 atom stereocenters. The van der Waals surface area contributed by atoms with Crippen molar-refractivity contribution in [3.8, 4) is 11.1 Å². The average molecular weight is 470 g/mol. The van der Waals surface area contributed by atoms with Crippen molar-refractivity contribution in [2.24, 2.45) is 0 Å². The van der Waals surface area contributed by atoms with Gasteiger partial charge in [0.1, 0.15) is 6.04 Å². The molecule has 180 valence electrons. The van der Waals surface area contributed by atoms with Crippen LogP contribution in [0.15, 0.2) is 78.9 Å². The summed E-state index contributed by atoms with van der Waals surface area (Å²) in [5, 5.41) is 4.09. The van der Waals surface area contributed by atoms with E-state index >= 15 is 0 Å². The highest BCUT2D eigenvalue weighted by Crippen LogP contribution is 2.39. The number of fused-ring (bicyclic) bond motifs is 3. The Hall–Kier alpha value is -3.93. The molecule has 1 aliphatic heterocycles. The number of aryl methyl sites for hydroxylation is 1. The van der Waals surface area contributed by atoms with Crippen LogP contribution >= 0.6 is 0 Å². The predicted octanol–water partition coefficient (Wildman–Crippen LogP) is 4.75. The van der Waals surface area contributed by atoms with E-state index in [4.69, 9.17) is 0 Å². The molecule has 4 rings (SSSR count). The zero-order chi connectivity index (χ0) is 24.8. The maximum absolute atomic E-state index is 13.4. The van der Waals surface area contributed by atoms with E-state index in [0.29, 0.717) is 12.1 Å². The Labute approximate surface area is 206 Å². The molecule has 1 heterocycles. The van der Waals surface area contributed by atoms with Gasteiger partial charge in [0.25, 0.3) is 11.8 Å². The van der Waals surface area contributed by atoms with E-state index < -0.39 is 17.9 Å². The van der Waals surface area contributed by atoms with Gasteiger partial charge in [0.05, 0.1) is 11.6 Å². The molecule has 6 heteroatoms. The minimum atomic E-state index is -0.780. The molecule has 0 aromatic heterocycles. The number of benzene rings is 3. The van der Waals surface area contributed by atoms with Gasteiger partial charge in [-0.15, -0.1) is 0 Å². The first-order valence-electron chi connectivity index (χ1n) is 12.1. The molecule has 1 unspecified atom stereocenters. The number of hydrogen-bond acceptors (Lipinski definition) is 3. The summed E-state index contributed by atoms with van der Waals surface area (Å²) < 4.78 is 0. The Kier molecular flexibility index (Phi) is 7.60. The Balaban J connectivity index is 1.38. The first-order valence-corrected chi connectivity index (χ1v) is 12.1. The number of anilines is 1. The number of amides is 3. The Morgan fingerprint density at radius 1 is 0.886 bits per heavy atom. The van der Waals surface area contributed by atoms with Crippen LogP contribution in [0.2, 0.25) is 0 Å². The smallest absolute Gasteiger partial charge is 0.261 e. The number of unbranched alkanes of at least 4 members (excludes halogenated alkanes) is 1. The molecule has 1 aliphatic rings. The van der Waals surface area contributed by atoms with Crippen molar-refractivity contribution in [3.05, 3.63) is 90.0 Å². The molecule has 0 spiro atoms. The molecule has 0 saturated carbocycles. The standard InChI is InChI=1S/C29H31N3O3/c1-20-23-15-7-8-16-24(23)25-17-9-10-18-26(25)32(29(20)35)31-28(34)21(2)30-27(33)19-11-6-14-22-12-4-3-5-13-22/h3-5,7-10,12-13,15-18,20-21H,6,11,14,19H2,1-2H3,(H,30,33)(H,31,34)/t20?,21-/m0/s1. The third-order valence-corrected chi connectivity index (χ3v) is 6.41. The fraction of sp³-hybridized carbons (Fsp3) is 0.276. The molecule has 0 fully saturated rings. The second-order valence-electron chi connectivity index (χ2n) is 8.96. The number of nitrogens with one attached hydrogen (secondary N) is 2. The molecular formula is C29H31N3O3. The van der Waals surface area contributed by atoms with E-state index in [2.05, 4.69) is 22.9 Å². The van der Waals surface area contributed by atoms with Crippen LogP contribution in [0.4, 0.5) is 5.69 Å². The number of carbonyl (C=O) groups excluding carboxylic acids is 3. The molecule has 3 aromatic rings. The monoisotopic (exact) mass is 469 g/mol. The molecule has 0 radical (unpaired) electrons. The van der Waals surface area contributed by atoms with E-state index in [1.54, 1.807) is 6.92 Å². The summed E-state index contributed by atoms with van der Waals surface area (Å²) in [6, 6.07) is 24.7. The lowest BCUT2D eigenvalue weighted by Gasteiger charge is -2.27. The predicted molar refractivity (Wildman–Crippen MR) is 138 cm³/mol. The third kappa shape index (κ3) is 5.60. The summed E-state index contributed by atoms with van der Waals surface area (Å²) in [6.07, 6.45) is 2.90. The summed E-state index contributed by atoms with van der Waals surface area (Å²) in [7, 11) is 0. The van der Waals surface area contributed by atoms with Crippen LogP contribution in [0.3, 0.4) is 0 Å². The molecule has 0 bridgehead atoms. The third-order valence-electron chi connectivity index (χ3n) is 6.41. The van der Waals surface area contributed by atoms with E-state index in [-0.39, 0.29) is 11.8 Å². The van der Waals surface area contributed by atoms with Crippen molar-refractivity contribution in [1.29, 1.82) is 0 Å². The molecule has 3 aromatic carbocycles. The molecule has 6 nitrogen and oxygen atoms in total. The zero-order valence-electron chi connectivity index (χ0n) is 20.2. The van der Waals surface area contributed by atoms with Gasteiger partial charge in [0.2, 0.25) is 5.91 Å². The van der Waals surface area contributed by atoms with Crippen molar-refractivity contribution in [2.75, 3.05) is 5.01 Å². The van der Waals surface area contributed by atoms with Gasteiger partial charge in [-0.05, 0) is 55.9 Å². The average Bonchev–Trinajstić information content (AvgIpc) is 2.97. The highest BCUT2D eigenvalue weighted by atomic mass is 16.2. The molecule has 2 N–H and O–H groups in total. The summed E-state index contributed by atoms with van der Waals surface area (Å²) in [4.78, 5) is 38.8. The minimum Gasteiger partial charge on any atom is -0.345 e. The van der Waals surface area contributed by atoms with Crippen molar-refractivity contribution in [3.63, 3.8) is 0 Å². The van der Waals surface area contributed by atoms with Crippen LogP contribution in [0, 0.1) is 0 Å². The van der Waals surface area contributed by atoms with Gasteiger partial charge in [0, 0.05) is 12.0 Å². The van der Waals surface area contributed by atoms with Crippen molar-refractivity contribution >= 4 is 23.4 Å². The number of nitrogens with zero attached hydrogens (tertiary/aromatic N) is 1. The van der Waals surface area contributed by atoms with Gasteiger partial charge >= 0.3 is 0 Å². The fourth-order valence-corrected chi connectivity index (χ4v) is 4.42. The van der Waals surface area contributed by atoms with Crippen molar-refractivity contribution in [1.82, 2.24) is 10.7 Å². The Morgan fingerprint density at radius 2 is 1.54 bits per heavy atom. The van der Waals surface area contributed by atoms with E-state index in [1.807, 2.05) is 73.7 Å². The molecular weight excluding hydrogens is 438 g/mol. The van der Waals surface area contributed by atoms with E-state index in [9.17, 15) is 14.4 Å². The van der Waals surface area contributed by atoms with Gasteiger partial charge in [-0.3, -0.25) is 19.8 Å². The highest BCUT2D eigenvalue weighted by molar-refractivity contribution is 6.06. The highest BCUT2D eigenvalue weighted by Gasteiger charge is 2.33. The minimum absolute atomic E-state index is 0.177. The van der Waals surface area contributed by atoms with Crippen LogP contribution in [0.1, 0.15) is 50.2 Å².